The molecule has 3 rings (SSSR count). The van der Waals surface area contributed by atoms with Crippen LogP contribution in [0, 0.1) is 23.7 Å². The molecule has 2 fully saturated rings. The lowest BCUT2D eigenvalue weighted by Crippen LogP contribution is -2.20. The molecule has 0 radical (unpaired) electrons. The first-order chi connectivity index (χ1) is 8.33. The van der Waals surface area contributed by atoms with E-state index in [1.807, 2.05) is 0 Å². The maximum Gasteiger partial charge on any atom is 0.136 e. The first-order valence-electron chi connectivity index (χ1n) is 7.54. The van der Waals surface area contributed by atoms with Crippen LogP contribution in [0.2, 0.25) is 0 Å². The zero-order chi connectivity index (χ0) is 11.7. The van der Waals surface area contributed by atoms with Gasteiger partial charge in [0, 0.05) is 12.3 Å². The summed E-state index contributed by atoms with van der Waals surface area (Å²) in [7, 11) is 0. The van der Waals surface area contributed by atoms with Gasteiger partial charge >= 0.3 is 0 Å². The molecule has 0 N–H and O–H groups in total. The highest BCUT2D eigenvalue weighted by Crippen LogP contribution is 2.44. The van der Waals surface area contributed by atoms with E-state index in [9.17, 15) is 4.79 Å². The molecule has 3 unspecified atom stereocenters. The van der Waals surface area contributed by atoms with Gasteiger partial charge in [0.15, 0.2) is 0 Å². The summed E-state index contributed by atoms with van der Waals surface area (Å²) in [5.74, 6) is 3.19. The Morgan fingerprint density at radius 2 is 1.88 bits per heavy atom. The van der Waals surface area contributed by atoms with E-state index in [0.717, 1.165) is 24.7 Å². The molecular weight excluding hydrogens is 208 g/mol. The van der Waals surface area contributed by atoms with Gasteiger partial charge in [-0.05, 0) is 37.0 Å². The van der Waals surface area contributed by atoms with E-state index >= 15 is 0 Å². The third-order valence-corrected chi connectivity index (χ3v) is 5.22. The summed E-state index contributed by atoms with van der Waals surface area (Å²) in [5, 5.41) is 0. The Morgan fingerprint density at radius 3 is 2.53 bits per heavy atom. The minimum atomic E-state index is 0.397. The van der Waals surface area contributed by atoms with Crippen molar-refractivity contribution in [2.45, 2.75) is 57.8 Å². The van der Waals surface area contributed by atoms with Gasteiger partial charge in [-0.15, -0.1) is 0 Å². The highest BCUT2D eigenvalue weighted by molar-refractivity contribution is 5.82. The van der Waals surface area contributed by atoms with Gasteiger partial charge in [-0.2, -0.15) is 0 Å². The highest BCUT2D eigenvalue weighted by atomic mass is 16.1. The van der Waals surface area contributed by atoms with Gasteiger partial charge in [-0.1, -0.05) is 44.3 Å². The number of Topliss-reactive ketones (excluding diaryl/α,β-unsaturated/α-hetero) is 1. The molecule has 0 aliphatic heterocycles. The number of rotatable bonds is 4. The van der Waals surface area contributed by atoms with Gasteiger partial charge in [0.05, 0.1) is 0 Å². The summed E-state index contributed by atoms with van der Waals surface area (Å²) in [5.41, 5.74) is 0. The number of hydrogen-bond donors (Lipinski definition) is 0. The molecule has 0 saturated heterocycles. The van der Waals surface area contributed by atoms with E-state index in [4.69, 9.17) is 0 Å². The molecule has 0 aromatic rings. The van der Waals surface area contributed by atoms with Gasteiger partial charge in [0.1, 0.15) is 5.78 Å². The Labute approximate surface area is 105 Å². The quantitative estimate of drug-likeness (QED) is 0.666. The fourth-order valence-corrected chi connectivity index (χ4v) is 4.16. The number of fused-ring (bicyclic) bond motifs is 2. The van der Waals surface area contributed by atoms with Crippen molar-refractivity contribution in [2.75, 3.05) is 0 Å². The lowest BCUT2D eigenvalue weighted by molar-refractivity contribution is -0.123. The smallest absolute Gasteiger partial charge is 0.136 e. The van der Waals surface area contributed by atoms with Crippen molar-refractivity contribution in [3.05, 3.63) is 12.2 Å². The third-order valence-electron chi connectivity index (χ3n) is 5.22. The van der Waals surface area contributed by atoms with Crippen molar-refractivity contribution in [2.24, 2.45) is 23.7 Å². The van der Waals surface area contributed by atoms with Crippen LogP contribution < -0.4 is 0 Å². The molecule has 0 amide bonds. The van der Waals surface area contributed by atoms with Crippen molar-refractivity contribution in [3.8, 4) is 0 Å². The number of hydrogen-bond acceptors (Lipinski definition) is 1. The molecule has 0 aromatic carbocycles. The maximum absolute atomic E-state index is 12.2. The lowest BCUT2D eigenvalue weighted by Gasteiger charge is -2.22. The van der Waals surface area contributed by atoms with Crippen LogP contribution in [0.5, 0.6) is 0 Å². The van der Waals surface area contributed by atoms with Crippen LogP contribution >= 0.6 is 0 Å². The van der Waals surface area contributed by atoms with E-state index < -0.39 is 0 Å². The van der Waals surface area contributed by atoms with Crippen LogP contribution in [-0.4, -0.2) is 5.78 Å². The van der Waals surface area contributed by atoms with Crippen LogP contribution in [-0.2, 0) is 4.79 Å². The number of allylic oxidation sites excluding steroid dienone is 2. The van der Waals surface area contributed by atoms with Crippen LogP contribution in [0.3, 0.4) is 0 Å². The monoisotopic (exact) mass is 232 g/mol. The topological polar surface area (TPSA) is 17.1 Å². The van der Waals surface area contributed by atoms with Crippen LogP contribution in [0.25, 0.3) is 0 Å². The molecule has 3 aliphatic carbocycles. The molecule has 94 valence electrons. The minimum Gasteiger partial charge on any atom is -0.299 e. The minimum absolute atomic E-state index is 0.397. The molecule has 1 heteroatoms. The summed E-state index contributed by atoms with van der Waals surface area (Å²) in [6, 6.07) is 0. The van der Waals surface area contributed by atoms with Gasteiger partial charge < -0.3 is 0 Å². The lowest BCUT2D eigenvalue weighted by atomic mass is 9.82. The van der Waals surface area contributed by atoms with Crippen molar-refractivity contribution in [3.63, 3.8) is 0 Å². The van der Waals surface area contributed by atoms with E-state index in [-0.39, 0.29) is 0 Å². The predicted molar refractivity (Wildman–Crippen MR) is 69.7 cm³/mol. The van der Waals surface area contributed by atoms with Crippen molar-refractivity contribution < 1.29 is 4.79 Å². The number of carbonyl (C=O) groups is 1. The Morgan fingerprint density at radius 1 is 1.06 bits per heavy atom. The summed E-state index contributed by atoms with van der Waals surface area (Å²) < 4.78 is 0. The zero-order valence-corrected chi connectivity index (χ0v) is 10.7. The molecule has 0 spiro atoms. The van der Waals surface area contributed by atoms with Crippen LogP contribution in [0.4, 0.5) is 0 Å². The molecule has 0 aromatic heterocycles. The average molecular weight is 232 g/mol. The van der Waals surface area contributed by atoms with E-state index in [1.165, 1.54) is 44.9 Å². The molecule has 3 atom stereocenters. The SMILES string of the molecule is O=C(CCC1CCCCC1)C1CC2C=CC1C2. The van der Waals surface area contributed by atoms with Crippen molar-refractivity contribution >= 4 is 5.78 Å². The van der Waals surface area contributed by atoms with Gasteiger partial charge in [-0.3, -0.25) is 4.79 Å². The summed E-state index contributed by atoms with van der Waals surface area (Å²) in [4.78, 5) is 12.2. The molecule has 0 heterocycles. The van der Waals surface area contributed by atoms with Crippen molar-refractivity contribution in [1.29, 1.82) is 0 Å². The Kier molecular flexibility index (Phi) is 3.35. The van der Waals surface area contributed by atoms with Crippen LogP contribution in [0.15, 0.2) is 12.2 Å². The van der Waals surface area contributed by atoms with E-state index in [2.05, 4.69) is 12.2 Å². The second-order valence-electron chi connectivity index (χ2n) is 6.40. The Hall–Kier alpha value is -0.590. The summed E-state index contributed by atoms with van der Waals surface area (Å²) >= 11 is 0. The van der Waals surface area contributed by atoms with Gasteiger partial charge in [0.25, 0.3) is 0 Å². The Bertz CT molecular complexity index is 311. The first kappa shape index (κ1) is 11.5. The summed E-state index contributed by atoms with van der Waals surface area (Å²) in [6.45, 7) is 0. The molecular formula is C16H24O. The Balaban J connectivity index is 1.45. The first-order valence-corrected chi connectivity index (χ1v) is 7.54. The van der Waals surface area contributed by atoms with E-state index in [1.54, 1.807) is 0 Å². The predicted octanol–water partition coefficient (Wildman–Crippen LogP) is 4.13. The number of ketones is 1. The fourth-order valence-electron chi connectivity index (χ4n) is 4.16. The van der Waals surface area contributed by atoms with E-state index in [0.29, 0.717) is 17.6 Å². The summed E-state index contributed by atoms with van der Waals surface area (Å²) in [6.07, 6.45) is 16.1. The zero-order valence-electron chi connectivity index (χ0n) is 10.7. The largest absolute Gasteiger partial charge is 0.299 e. The molecule has 2 bridgehead atoms. The number of carbonyl (C=O) groups excluding carboxylic acids is 1. The molecule has 1 nitrogen and oxygen atoms in total. The highest BCUT2D eigenvalue weighted by Gasteiger charge is 2.39. The van der Waals surface area contributed by atoms with Crippen molar-refractivity contribution in [1.82, 2.24) is 0 Å². The maximum atomic E-state index is 12.2. The third kappa shape index (κ3) is 2.48. The second-order valence-corrected chi connectivity index (χ2v) is 6.40. The van der Waals surface area contributed by atoms with Gasteiger partial charge in [-0.25, -0.2) is 0 Å². The normalized spacial score (nSPS) is 36.6. The molecule has 3 aliphatic rings. The van der Waals surface area contributed by atoms with Crippen LogP contribution in [0.1, 0.15) is 57.8 Å². The van der Waals surface area contributed by atoms with Gasteiger partial charge in [0.2, 0.25) is 0 Å². The fraction of sp³-hybridized carbons (Fsp3) is 0.812. The standard InChI is InChI=1S/C16H24O/c17-16(9-7-12-4-2-1-3-5-12)15-11-13-6-8-14(15)10-13/h6,8,12-15H,1-5,7,9-11H2. The molecule has 2 saturated carbocycles. The second kappa shape index (κ2) is 4.96. The molecule has 17 heavy (non-hydrogen) atoms. The average Bonchev–Trinajstić information content (AvgIpc) is 2.99.